The number of hydrogen-bond acceptors (Lipinski definition) is 3. The molecule has 0 saturated heterocycles. The lowest BCUT2D eigenvalue weighted by atomic mass is 10.3. The molecule has 1 radical (unpaired) electrons. The van der Waals surface area contributed by atoms with Crippen LogP contribution >= 0.6 is 0 Å². The molecule has 0 spiro atoms. The summed E-state index contributed by atoms with van der Waals surface area (Å²) < 4.78 is 4.53. The summed E-state index contributed by atoms with van der Waals surface area (Å²) in [7, 11) is 0. The summed E-state index contributed by atoms with van der Waals surface area (Å²) in [4.78, 5) is 19.7. The largest absolute Gasteiger partial charge is 0.429 e. The Morgan fingerprint density at radius 2 is 2.00 bits per heavy atom. The highest BCUT2D eigenvalue weighted by Gasteiger charge is 1.92. The van der Waals surface area contributed by atoms with Gasteiger partial charge in [0.25, 0.3) is 6.47 Å². The molecule has 1 aromatic rings. The number of carbonyl (C=O) groups is 1. The Hall–Kier alpha value is -1.84. The number of carbonyl (C=O) groups excluding carboxylic acids is 2. The number of anilines is 1. The highest BCUT2D eigenvalue weighted by atomic mass is 16.5. The third-order valence-electron chi connectivity index (χ3n) is 1.23. The highest BCUT2D eigenvalue weighted by Crippen LogP contribution is 2.13. The van der Waals surface area contributed by atoms with Crippen LogP contribution in [0.15, 0.2) is 24.3 Å². The molecule has 1 amide bonds. The number of hydrogen-bond donors (Lipinski definition) is 1. The minimum Gasteiger partial charge on any atom is -0.429 e. The molecule has 0 aliphatic carbocycles. The molecule has 0 fully saturated rings. The maximum Gasteiger partial charge on any atom is 0.314 e. The van der Waals surface area contributed by atoms with Crippen molar-refractivity contribution in [1.82, 2.24) is 0 Å². The van der Waals surface area contributed by atoms with Gasteiger partial charge in [0.05, 0.1) is 0 Å². The van der Waals surface area contributed by atoms with Crippen LogP contribution in [0.1, 0.15) is 0 Å². The molecule has 4 nitrogen and oxygen atoms in total. The molecule has 1 aromatic carbocycles. The number of nitrogens with one attached hydrogen (secondary N) is 1. The van der Waals surface area contributed by atoms with Gasteiger partial charge < -0.3 is 10.1 Å². The fourth-order valence-electron chi connectivity index (χ4n) is 0.731. The lowest BCUT2D eigenvalue weighted by molar-refractivity contribution is -0.120. The van der Waals surface area contributed by atoms with E-state index in [1.165, 1.54) is 6.41 Å². The van der Waals surface area contributed by atoms with Crippen LogP contribution in [0.5, 0.6) is 5.75 Å². The van der Waals surface area contributed by atoms with Gasteiger partial charge in [-0.1, -0.05) is 0 Å². The zero-order valence-corrected chi connectivity index (χ0v) is 6.11. The Kier molecular flexibility index (Phi) is 2.84. The molecular formula is C8H6NO3. The molecule has 0 heterocycles. The number of rotatable bonds is 4. The third kappa shape index (κ3) is 2.09. The van der Waals surface area contributed by atoms with E-state index in [-0.39, 0.29) is 0 Å². The molecule has 0 bridgehead atoms. The topological polar surface area (TPSA) is 55.4 Å². The Balaban J connectivity index is 2.70. The van der Waals surface area contributed by atoms with Crippen LogP contribution in [0.4, 0.5) is 5.69 Å². The third-order valence-corrected chi connectivity index (χ3v) is 1.23. The summed E-state index contributed by atoms with van der Waals surface area (Å²) in [6.07, 6.45) is 1.53. The van der Waals surface area contributed by atoms with E-state index in [0.29, 0.717) is 17.9 Å². The summed E-state index contributed by atoms with van der Waals surface area (Å²) in [5, 5.41) is 2.33. The van der Waals surface area contributed by atoms with Crippen molar-refractivity contribution in [2.24, 2.45) is 0 Å². The van der Waals surface area contributed by atoms with Crippen LogP contribution < -0.4 is 10.1 Å². The summed E-state index contributed by atoms with van der Waals surface area (Å²) in [6, 6.07) is 6.33. The number of ether oxygens (including phenoxy) is 1. The molecule has 1 rings (SSSR count). The number of benzene rings is 1. The first-order valence-electron chi connectivity index (χ1n) is 3.20. The van der Waals surface area contributed by atoms with Crippen molar-refractivity contribution in [3.63, 3.8) is 0 Å². The lowest BCUT2D eigenvalue weighted by Crippen LogP contribution is -1.93. The molecule has 61 valence electrons. The molecule has 0 aromatic heterocycles. The Morgan fingerprint density at radius 1 is 1.33 bits per heavy atom. The van der Waals surface area contributed by atoms with Crippen LogP contribution in [-0.4, -0.2) is 12.9 Å². The van der Waals surface area contributed by atoms with Crippen molar-refractivity contribution >= 4 is 18.6 Å². The minimum atomic E-state index is 0.342. The van der Waals surface area contributed by atoms with Crippen LogP contribution in [0.25, 0.3) is 0 Å². The summed E-state index contributed by atoms with van der Waals surface area (Å²) >= 11 is 0. The second-order valence-electron chi connectivity index (χ2n) is 1.97. The Labute approximate surface area is 69.1 Å². The molecular weight excluding hydrogens is 158 g/mol. The summed E-state index contributed by atoms with van der Waals surface area (Å²) in [5.74, 6) is 0.432. The molecule has 0 unspecified atom stereocenters. The van der Waals surface area contributed by atoms with Crippen molar-refractivity contribution in [1.29, 1.82) is 0 Å². The van der Waals surface area contributed by atoms with Crippen molar-refractivity contribution in [3.05, 3.63) is 24.3 Å². The lowest BCUT2D eigenvalue weighted by Gasteiger charge is -1.98. The minimum absolute atomic E-state index is 0.342. The zero-order valence-electron chi connectivity index (χ0n) is 6.11. The average Bonchev–Trinajstić information content (AvgIpc) is 2.09. The predicted molar refractivity (Wildman–Crippen MR) is 42.5 cm³/mol. The SMILES string of the molecule is O=[C]Nc1ccc(OC=O)cc1. The van der Waals surface area contributed by atoms with Crippen LogP contribution in [-0.2, 0) is 9.59 Å². The standard InChI is InChI=1S/C8H6NO3/c10-5-9-7-1-3-8(4-2-7)12-6-11/h1-4,6H,(H,9,10). The monoisotopic (exact) mass is 164 g/mol. The molecule has 1 N–H and O–H groups in total. The zero-order chi connectivity index (χ0) is 8.81. The highest BCUT2D eigenvalue weighted by molar-refractivity contribution is 5.71. The summed E-state index contributed by atoms with van der Waals surface area (Å²) in [6.45, 7) is 0.342. The normalized spacial score (nSPS) is 8.67. The van der Waals surface area contributed by atoms with E-state index < -0.39 is 0 Å². The fraction of sp³-hybridized carbons (Fsp3) is 0. The molecule has 0 aliphatic heterocycles. The Bertz CT molecular complexity index is 239. The molecule has 0 atom stereocenters. The maximum absolute atomic E-state index is 9.88. The van der Waals surface area contributed by atoms with E-state index in [2.05, 4.69) is 10.1 Å². The van der Waals surface area contributed by atoms with E-state index in [4.69, 9.17) is 0 Å². The van der Waals surface area contributed by atoms with Gasteiger partial charge in [-0.25, -0.2) is 0 Å². The molecule has 12 heavy (non-hydrogen) atoms. The molecule has 0 aliphatic rings. The van der Waals surface area contributed by atoms with Crippen LogP contribution in [0, 0.1) is 0 Å². The van der Waals surface area contributed by atoms with Crippen molar-refractivity contribution in [2.45, 2.75) is 0 Å². The summed E-state index contributed by atoms with van der Waals surface area (Å²) in [5.41, 5.74) is 0.600. The van der Waals surface area contributed by atoms with E-state index in [1.807, 2.05) is 0 Å². The Morgan fingerprint density at radius 3 is 2.50 bits per heavy atom. The first-order valence-corrected chi connectivity index (χ1v) is 3.20. The average molecular weight is 164 g/mol. The molecule has 4 heteroatoms. The van der Waals surface area contributed by atoms with Crippen LogP contribution in [0.2, 0.25) is 0 Å². The predicted octanol–water partition coefficient (Wildman–Crippen LogP) is 0.701. The van der Waals surface area contributed by atoms with Gasteiger partial charge in [0.15, 0.2) is 0 Å². The van der Waals surface area contributed by atoms with Gasteiger partial charge in [-0.2, -0.15) is 0 Å². The fourth-order valence-corrected chi connectivity index (χ4v) is 0.731. The van der Waals surface area contributed by atoms with Gasteiger partial charge in [0.2, 0.25) is 0 Å². The van der Waals surface area contributed by atoms with E-state index in [9.17, 15) is 9.59 Å². The van der Waals surface area contributed by atoms with Gasteiger partial charge in [-0.05, 0) is 24.3 Å². The van der Waals surface area contributed by atoms with E-state index >= 15 is 0 Å². The van der Waals surface area contributed by atoms with Crippen molar-refractivity contribution in [3.8, 4) is 5.75 Å². The van der Waals surface area contributed by atoms with E-state index in [1.54, 1.807) is 24.3 Å². The number of amides is 1. The van der Waals surface area contributed by atoms with E-state index in [0.717, 1.165) is 0 Å². The second kappa shape index (κ2) is 4.12. The van der Waals surface area contributed by atoms with Gasteiger partial charge in [-0.3, -0.25) is 9.59 Å². The molecule has 0 saturated carbocycles. The van der Waals surface area contributed by atoms with Gasteiger partial charge in [0, 0.05) is 5.69 Å². The first kappa shape index (κ1) is 8.26. The second-order valence-corrected chi connectivity index (χ2v) is 1.97. The van der Waals surface area contributed by atoms with Gasteiger partial charge in [0.1, 0.15) is 5.75 Å². The smallest absolute Gasteiger partial charge is 0.314 e. The van der Waals surface area contributed by atoms with Gasteiger partial charge in [-0.15, -0.1) is 0 Å². The quantitative estimate of drug-likeness (QED) is 0.526. The van der Waals surface area contributed by atoms with Crippen LogP contribution in [0.3, 0.4) is 0 Å². The first-order chi connectivity index (χ1) is 5.86. The van der Waals surface area contributed by atoms with Crippen molar-refractivity contribution < 1.29 is 14.3 Å². The maximum atomic E-state index is 9.88. The van der Waals surface area contributed by atoms with Gasteiger partial charge >= 0.3 is 6.41 Å². The van der Waals surface area contributed by atoms with Crippen molar-refractivity contribution in [2.75, 3.05) is 5.32 Å².